The minimum Gasteiger partial charge on any atom is -0.497 e. The summed E-state index contributed by atoms with van der Waals surface area (Å²) < 4.78 is 10.6. The highest BCUT2D eigenvalue weighted by Crippen LogP contribution is 2.29. The van der Waals surface area contributed by atoms with Crippen molar-refractivity contribution in [3.05, 3.63) is 54.1 Å². The van der Waals surface area contributed by atoms with Gasteiger partial charge in [-0.1, -0.05) is 12.1 Å². The smallest absolute Gasteiger partial charge is 0.266 e. The summed E-state index contributed by atoms with van der Waals surface area (Å²) in [6, 6.07) is 13.6. The first kappa shape index (κ1) is 17.5. The Morgan fingerprint density at radius 3 is 2.62 bits per heavy atom. The van der Waals surface area contributed by atoms with E-state index in [1.165, 1.54) is 0 Å². The Bertz CT molecular complexity index is 832. The zero-order chi connectivity index (χ0) is 18.5. The van der Waals surface area contributed by atoms with Crippen LogP contribution in [0.2, 0.25) is 0 Å². The number of nitrogens with one attached hydrogen (secondary N) is 2. The summed E-state index contributed by atoms with van der Waals surface area (Å²) in [6.45, 7) is -0.157. The van der Waals surface area contributed by atoms with E-state index >= 15 is 0 Å². The lowest BCUT2D eigenvalue weighted by molar-refractivity contribution is -0.130. The van der Waals surface area contributed by atoms with Gasteiger partial charge in [-0.15, -0.1) is 0 Å². The molecule has 1 aliphatic rings. The van der Waals surface area contributed by atoms with Crippen molar-refractivity contribution in [2.45, 2.75) is 12.5 Å². The summed E-state index contributed by atoms with van der Waals surface area (Å²) in [4.78, 5) is 36.2. The van der Waals surface area contributed by atoms with Gasteiger partial charge in [0.2, 0.25) is 5.91 Å². The molecule has 0 unspecified atom stereocenters. The predicted molar refractivity (Wildman–Crippen MR) is 94.4 cm³/mol. The van der Waals surface area contributed by atoms with Crippen LogP contribution in [-0.4, -0.2) is 37.4 Å². The number of fused-ring (bicyclic) bond motifs is 1. The van der Waals surface area contributed by atoms with E-state index in [9.17, 15) is 14.4 Å². The summed E-state index contributed by atoms with van der Waals surface area (Å²) in [5.41, 5.74) is 1.04. The number of carbonyl (C=O) groups excluding carboxylic acids is 3. The number of methoxy groups -OCH3 is 1. The number of amides is 2. The third-order valence-corrected chi connectivity index (χ3v) is 3.94. The standard InChI is InChI=1S/C19H18N2O5/c1-25-13-8-6-12(7-9-13)15(22)11-20-18(23)10-17-19(24)21-14-4-2-3-5-16(14)26-17/h2-9,17H,10-11H2,1H3,(H,20,23)(H,21,24)/t17-/m1/s1. The number of hydrogen-bond acceptors (Lipinski definition) is 5. The van der Waals surface area contributed by atoms with Crippen molar-refractivity contribution in [3.63, 3.8) is 0 Å². The van der Waals surface area contributed by atoms with Crippen LogP contribution in [0.4, 0.5) is 5.69 Å². The van der Waals surface area contributed by atoms with Gasteiger partial charge >= 0.3 is 0 Å². The lowest BCUT2D eigenvalue weighted by atomic mass is 10.1. The van der Waals surface area contributed by atoms with Crippen LogP contribution in [0.15, 0.2) is 48.5 Å². The van der Waals surface area contributed by atoms with E-state index in [2.05, 4.69) is 10.6 Å². The maximum absolute atomic E-state index is 12.1. The van der Waals surface area contributed by atoms with Gasteiger partial charge in [0.1, 0.15) is 11.5 Å². The second-order valence-corrected chi connectivity index (χ2v) is 5.72. The molecule has 0 fully saturated rings. The van der Waals surface area contributed by atoms with Gasteiger partial charge in [0.15, 0.2) is 11.9 Å². The van der Waals surface area contributed by atoms with Crippen molar-refractivity contribution >= 4 is 23.3 Å². The second-order valence-electron chi connectivity index (χ2n) is 5.72. The second kappa shape index (κ2) is 7.69. The molecule has 0 bridgehead atoms. The molecular formula is C19H18N2O5. The Balaban J connectivity index is 1.52. The molecule has 0 spiro atoms. The van der Waals surface area contributed by atoms with Crippen molar-refractivity contribution in [1.29, 1.82) is 0 Å². The fourth-order valence-corrected chi connectivity index (χ4v) is 2.53. The largest absolute Gasteiger partial charge is 0.497 e. The highest BCUT2D eigenvalue weighted by molar-refractivity contribution is 6.01. The van der Waals surface area contributed by atoms with E-state index in [4.69, 9.17) is 9.47 Å². The number of carbonyl (C=O) groups is 3. The maximum atomic E-state index is 12.1. The lowest BCUT2D eigenvalue weighted by Gasteiger charge is -2.25. The minimum absolute atomic E-state index is 0.157. The van der Waals surface area contributed by atoms with Gasteiger partial charge in [-0.25, -0.2) is 0 Å². The molecule has 134 valence electrons. The van der Waals surface area contributed by atoms with Crippen molar-refractivity contribution in [2.75, 3.05) is 19.0 Å². The summed E-state index contributed by atoms with van der Waals surface area (Å²) in [6.07, 6.45) is -1.10. The Hall–Kier alpha value is -3.35. The number of ether oxygens (including phenoxy) is 2. The highest BCUT2D eigenvalue weighted by atomic mass is 16.5. The molecule has 7 heteroatoms. The number of rotatable bonds is 6. The SMILES string of the molecule is COc1ccc(C(=O)CNC(=O)C[C@H]2Oc3ccccc3NC2=O)cc1. The molecule has 0 aliphatic carbocycles. The van der Waals surface area contributed by atoms with Gasteiger partial charge in [-0.2, -0.15) is 0 Å². The van der Waals surface area contributed by atoms with E-state index in [1.807, 2.05) is 0 Å². The average Bonchev–Trinajstić information content (AvgIpc) is 2.66. The molecule has 0 saturated carbocycles. The molecule has 1 aliphatic heterocycles. The maximum Gasteiger partial charge on any atom is 0.266 e. The lowest BCUT2D eigenvalue weighted by Crippen LogP contribution is -2.41. The molecular weight excluding hydrogens is 336 g/mol. The van der Waals surface area contributed by atoms with E-state index in [1.54, 1.807) is 55.6 Å². The first-order chi connectivity index (χ1) is 12.6. The van der Waals surface area contributed by atoms with Crippen LogP contribution in [0.3, 0.4) is 0 Å². The Labute approximate surface area is 150 Å². The number of hydrogen-bond donors (Lipinski definition) is 2. The molecule has 7 nitrogen and oxygen atoms in total. The number of anilines is 1. The molecule has 0 radical (unpaired) electrons. The Morgan fingerprint density at radius 1 is 1.15 bits per heavy atom. The van der Waals surface area contributed by atoms with Crippen LogP contribution >= 0.6 is 0 Å². The van der Waals surface area contributed by atoms with Gasteiger partial charge in [0.05, 0.1) is 25.8 Å². The molecule has 2 aromatic carbocycles. The third-order valence-electron chi connectivity index (χ3n) is 3.94. The molecule has 0 saturated heterocycles. The van der Waals surface area contributed by atoms with Gasteiger partial charge in [0, 0.05) is 5.56 Å². The Kier molecular flexibility index (Phi) is 5.17. The zero-order valence-electron chi connectivity index (χ0n) is 14.2. The number of para-hydroxylation sites is 2. The van der Waals surface area contributed by atoms with Crippen LogP contribution in [0.5, 0.6) is 11.5 Å². The third kappa shape index (κ3) is 4.00. The average molecular weight is 354 g/mol. The molecule has 2 aromatic rings. The van der Waals surface area contributed by atoms with Crippen LogP contribution in [0.1, 0.15) is 16.8 Å². The van der Waals surface area contributed by atoms with Crippen molar-refractivity contribution < 1.29 is 23.9 Å². The summed E-state index contributed by atoms with van der Waals surface area (Å²) >= 11 is 0. The van der Waals surface area contributed by atoms with E-state index < -0.39 is 12.0 Å². The van der Waals surface area contributed by atoms with Gasteiger partial charge in [-0.05, 0) is 36.4 Å². The number of benzene rings is 2. The first-order valence-electron chi connectivity index (χ1n) is 8.07. The van der Waals surface area contributed by atoms with Gasteiger partial charge in [0.25, 0.3) is 5.91 Å². The molecule has 1 atom stereocenters. The van der Waals surface area contributed by atoms with Crippen LogP contribution in [0.25, 0.3) is 0 Å². The summed E-state index contributed by atoms with van der Waals surface area (Å²) in [5, 5.41) is 5.22. The molecule has 1 heterocycles. The fraction of sp³-hybridized carbons (Fsp3) is 0.211. The highest BCUT2D eigenvalue weighted by Gasteiger charge is 2.29. The normalized spacial score (nSPS) is 15.3. The van der Waals surface area contributed by atoms with E-state index in [-0.39, 0.29) is 24.7 Å². The van der Waals surface area contributed by atoms with Crippen molar-refractivity contribution in [2.24, 2.45) is 0 Å². The predicted octanol–water partition coefficient (Wildman–Crippen LogP) is 1.78. The summed E-state index contributed by atoms with van der Waals surface area (Å²) in [7, 11) is 1.54. The van der Waals surface area contributed by atoms with Crippen LogP contribution in [-0.2, 0) is 9.59 Å². The molecule has 0 aromatic heterocycles. The molecule has 2 N–H and O–H groups in total. The fourth-order valence-electron chi connectivity index (χ4n) is 2.53. The topological polar surface area (TPSA) is 93.7 Å². The van der Waals surface area contributed by atoms with Gasteiger partial charge in [-0.3, -0.25) is 14.4 Å². The van der Waals surface area contributed by atoms with E-state index in [0.29, 0.717) is 22.7 Å². The molecule has 2 amide bonds. The number of Topliss-reactive ketones (excluding diaryl/α,β-unsaturated/α-hetero) is 1. The monoisotopic (exact) mass is 354 g/mol. The minimum atomic E-state index is -0.930. The zero-order valence-corrected chi connectivity index (χ0v) is 14.2. The van der Waals surface area contributed by atoms with Gasteiger partial charge < -0.3 is 20.1 Å². The summed E-state index contributed by atoms with van der Waals surface area (Å²) in [5.74, 6) is 0.0950. The van der Waals surface area contributed by atoms with E-state index in [0.717, 1.165) is 0 Å². The van der Waals surface area contributed by atoms with Crippen LogP contribution in [0, 0.1) is 0 Å². The van der Waals surface area contributed by atoms with Crippen molar-refractivity contribution in [3.8, 4) is 11.5 Å². The van der Waals surface area contributed by atoms with Crippen LogP contribution < -0.4 is 20.1 Å². The number of ketones is 1. The molecule has 3 rings (SSSR count). The first-order valence-corrected chi connectivity index (χ1v) is 8.07. The molecule has 26 heavy (non-hydrogen) atoms. The quantitative estimate of drug-likeness (QED) is 0.772. The van der Waals surface area contributed by atoms with Crippen molar-refractivity contribution in [1.82, 2.24) is 5.32 Å². The Morgan fingerprint density at radius 2 is 1.88 bits per heavy atom.